The molecule has 0 aliphatic rings. The fraction of sp³-hybridized carbons (Fsp3) is 0.200. The number of nitrogens with one attached hydrogen (secondary N) is 2. The Morgan fingerprint density at radius 1 is 1.08 bits per heavy atom. The van der Waals surface area contributed by atoms with Crippen LogP contribution < -0.4 is 10.9 Å². The monoisotopic (exact) mass is 320 g/mol. The van der Waals surface area contributed by atoms with Gasteiger partial charge in [0.2, 0.25) is 5.56 Å². The molecule has 2 N–H and O–H groups in total. The summed E-state index contributed by atoms with van der Waals surface area (Å²) in [7, 11) is 0. The van der Waals surface area contributed by atoms with Crippen LogP contribution in [0, 0.1) is 0 Å². The highest BCUT2D eigenvalue weighted by Crippen LogP contribution is 2.15. The number of hydrogen-bond acceptors (Lipinski definition) is 2. The number of aromatic amines is 1. The van der Waals surface area contributed by atoms with Crippen LogP contribution in [0.2, 0.25) is 0 Å². The molecule has 0 saturated heterocycles. The van der Waals surface area contributed by atoms with Gasteiger partial charge in [-0.1, -0.05) is 48.5 Å². The number of H-pyrrole nitrogens is 1. The second-order valence-electron chi connectivity index (χ2n) is 5.99. The number of aromatic nitrogens is 1. The van der Waals surface area contributed by atoms with E-state index in [0.29, 0.717) is 11.1 Å². The molecule has 4 heteroatoms. The molecule has 2 aromatic carbocycles. The van der Waals surface area contributed by atoms with Crippen LogP contribution in [0.15, 0.2) is 65.5 Å². The maximum atomic E-state index is 12.6. The predicted octanol–water partition coefficient (Wildman–Crippen LogP) is 3.28. The summed E-state index contributed by atoms with van der Waals surface area (Å²) in [6, 6.07) is 18.9. The number of pyridine rings is 1. The van der Waals surface area contributed by atoms with Crippen molar-refractivity contribution in [1.29, 1.82) is 0 Å². The molecule has 3 rings (SSSR count). The topological polar surface area (TPSA) is 62.0 Å². The third-order valence-electron chi connectivity index (χ3n) is 4.08. The molecule has 0 bridgehead atoms. The highest BCUT2D eigenvalue weighted by Gasteiger charge is 2.14. The first-order chi connectivity index (χ1) is 11.6. The van der Waals surface area contributed by atoms with Crippen LogP contribution >= 0.6 is 0 Å². The lowest BCUT2D eigenvalue weighted by molar-refractivity contribution is 0.0940. The van der Waals surface area contributed by atoms with Gasteiger partial charge >= 0.3 is 0 Å². The van der Waals surface area contributed by atoms with Crippen molar-refractivity contribution >= 4 is 16.8 Å². The molecule has 3 aromatic rings. The van der Waals surface area contributed by atoms with E-state index < -0.39 is 0 Å². The zero-order valence-corrected chi connectivity index (χ0v) is 13.6. The van der Waals surface area contributed by atoms with Crippen molar-refractivity contribution in [3.05, 3.63) is 82.1 Å². The van der Waals surface area contributed by atoms with Crippen molar-refractivity contribution in [2.75, 3.05) is 0 Å². The smallest absolute Gasteiger partial charge is 0.252 e. The highest BCUT2D eigenvalue weighted by atomic mass is 16.2. The van der Waals surface area contributed by atoms with Crippen molar-refractivity contribution in [1.82, 2.24) is 10.3 Å². The zero-order valence-electron chi connectivity index (χ0n) is 13.6. The molecule has 0 radical (unpaired) electrons. The minimum atomic E-state index is -0.268. The summed E-state index contributed by atoms with van der Waals surface area (Å²) >= 11 is 0. The van der Waals surface area contributed by atoms with Gasteiger partial charge in [0, 0.05) is 23.0 Å². The SMILES string of the molecule is C[C@H](CCc1ccccc1)NC(=O)c1cc(=O)[nH]c2ccccc12. The van der Waals surface area contributed by atoms with E-state index in [2.05, 4.69) is 22.4 Å². The molecule has 0 aliphatic carbocycles. The van der Waals surface area contributed by atoms with Crippen molar-refractivity contribution in [3.63, 3.8) is 0 Å². The molecule has 0 saturated carbocycles. The normalized spacial score (nSPS) is 12.0. The average Bonchev–Trinajstić information content (AvgIpc) is 2.60. The zero-order chi connectivity index (χ0) is 16.9. The summed E-state index contributed by atoms with van der Waals surface area (Å²) in [6.07, 6.45) is 1.75. The van der Waals surface area contributed by atoms with E-state index in [1.807, 2.05) is 43.3 Å². The molecular weight excluding hydrogens is 300 g/mol. The first-order valence-corrected chi connectivity index (χ1v) is 8.10. The number of rotatable bonds is 5. The first-order valence-electron chi connectivity index (χ1n) is 8.10. The van der Waals surface area contributed by atoms with Crippen molar-refractivity contribution in [2.24, 2.45) is 0 Å². The molecule has 0 fully saturated rings. The molecule has 1 heterocycles. The fourth-order valence-corrected chi connectivity index (χ4v) is 2.79. The number of carbonyl (C=O) groups excluding carboxylic acids is 1. The molecule has 1 aromatic heterocycles. The van der Waals surface area contributed by atoms with E-state index in [4.69, 9.17) is 0 Å². The number of fused-ring (bicyclic) bond motifs is 1. The maximum Gasteiger partial charge on any atom is 0.252 e. The van der Waals surface area contributed by atoms with Crippen LogP contribution in [0.25, 0.3) is 10.9 Å². The van der Waals surface area contributed by atoms with Gasteiger partial charge in [-0.2, -0.15) is 0 Å². The number of hydrogen-bond donors (Lipinski definition) is 2. The van der Waals surface area contributed by atoms with E-state index in [9.17, 15) is 9.59 Å². The summed E-state index contributed by atoms with van der Waals surface area (Å²) in [5, 5.41) is 3.75. The van der Waals surface area contributed by atoms with Crippen molar-refractivity contribution < 1.29 is 4.79 Å². The van der Waals surface area contributed by atoms with E-state index in [1.165, 1.54) is 11.6 Å². The Hall–Kier alpha value is -2.88. The molecule has 0 aliphatic heterocycles. The third-order valence-corrected chi connectivity index (χ3v) is 4.08. The molecule has 1 amide bonds. The first kappa shape index (κ1) is 16.0. The molecule has 0 unspecified atom stereocenters. The molecule has 24 heavy (non-hydrogen) atoms. The second-order valence-corrected chi connectivity index (χ2v) is 5.99. The van der Waals surface area contributed by atoms with Gasteiger partial charge in [-0.25, -0.2) is 0 Å². The van der Waals surface area contributed by atoms with Crippen LogP contribution in [0.1, 0.15) is 29.3 Å². The number of carbonyl (C=O) groups is 1. The van der Waals surface area contributed by atoms with Gasteiger partial charge in [-0.15, -0.1) is 0 Å². The van der Waals surface area contributed by atoms with E-state index in [1.54, 1.807) is 6.07 Å². The van der Waals surface area contributed by atoms with E-state index >= 15 is 0 Å². The summed E-state index contributed by atoms with van der Waals surface area (Å²) in [4.78, 5) is 27.1. The van der Waals surface area contributed by atoms with Gasteiger partial charge in [-0.05, 0) is 31.4 Å². The summed E-state index contributed by atoms with van der Waals surface area (Å²) < 4.78 is 0. The second kappa shape index (κ2) is 7.13. The van der Waals surface area contributed by atoms with Gasteiger partial charge in [0.1, 0.15) is 0 Å². The summed E-state index contributed by atoms with van der Waals surface area (Å²) in [6.45, 7) is 1.98. The van der Waals surface area contributed by atoms with E-state index in [0.717, 1.165) is 18.2 Å². The van der Waals surface area contributed by atoms with Crippen LogP contribution in [0.4, 0.5) is 0 Å². The summed E-state index contributed by atoms with van der Waals surface area (Å²) in [5.74, 6) is -0.210. The van der Waals surface area contributed by atoms with Gasteiger partial charge in [0.05, 0.1) is 5.56 Å². The molecule has 0 spiro atoms. The van der Waals surface area contributed by atoms with Gasteiger partial charge in [0.15, 0.2) is 0 Å². The quantitative estimate of drug-likeness (QED) is 0.758. The number of amides is 1. The Morgan fingerprint density at radius 2 is 1.79 bits per heavy atom. The summed E-state index contributed by atoms with van der Waals surface area (Å²) in [5.41, 5.74) is 2.07. The average molecular weight is 320 g/mol. The Balaban J connectivity index is 1.72. The van der Waals surface area contributed by atoms with Crippen molar-refractivity contribution in [3.8, 4) is 0 Å². The number of para-hydroxylation sites is 1. The number of aryl methyl sites for hydroxylation is 1. The minimum Gasteiger partial charge on any atom is -0.350 e. The van der Waals surface area contributed by atoms with Crippen LogP contribution in [-0.4, -0.2) is 16.9 Å². The maximum absolute atomic E-state index is 12.6. The number of benzene rings is 2. The molecule has 122 valence electrons. The standard InChI is InChI=1S/C20H20N2O2/c1-14(11-12-15-7-3-2-4-8-15)21-20(24)17-13-19(23)22-18-10-6-5-9-16(17)18/h2-10,13-14H,11-12H2,1H3,(H,21,24)(H,22,23)/t14-/m1/s1. The fourth-order valence-electron chi connectivity index (χ4n) is 2.79. The van der Waals surface area contributed by atoms with Crippen LogP contribution in [-0.2, 0) is 6.42 Å². The molecule has 4 nitrogen and oxygen atoms in total. The largest absolute Gasteiger partial charge is 0.350 e. The van der Waals surface area contributed by atoms with Gasteiger partial charge in [-0.3, -0.25) is 9.59 Å². The van der Waals surface area contributed by atoms with Crippen molar-refractivity contribution in [2.45, 2.75) is 25.8 Å². The Bertz CT molecular complexity index is 900. The van der Waals surface area contributed by atoms with Gasteiger partial charge < -0.3 is 10.3 Å². The third kappa shape index (κ3) is 3.71. The van der Waals surface area contributed by atoms with Crippen LogP contribution in [0.3, 0.4) is 0 Å². The Morgan fingerprint density at radius 3 is 2.58 bits per heavy atom. The highest BCUT2D eigenvalue weighted by molar-refractivity contribution is 6.06. The van der Waals surface area contributed by atoms with Gasteiger partial charge in [0.25, 0.3) is 5.91 Å². The minimum absolute atomic E-state index is 0.0238. The molecule has 1 atom stereocenters. The Labute approximate surface area is 140 Å². The lowest BCUT2D eigenvalue weighted by Gasteiger charge is -2.15. The van der Waals surface area contributed by atoms with Crippen LogP contribution in [0.5, 0.6) is 0 Å². The predicted molar refractivity (Wildman–Crippen MR) is 96.3 cm³/mol. The Kier molecular flexibility index (Phi) is 4.75. The van der Waals surface area contributed by atoms with E-state index in [-0.39, 0.29) is 17.5 Å². The molecular formula is C20H20N2O2. The lowest BCUT2D eigenvalue weighted by Crippen LogP contribution is -2.33. The lowest BCUT2D eigenvalue weighted by atomic mass is 10.0.